The summed E-state index contributed by atoms with van der Waals surface area (Å²) in [5, 5.41) is 2.65. The monoisotopic (exact) mass is 378 g/mol. The number of rotatable bonds is 8. The average Bonchev–Trinajstić information content (AvgIpc) is 2.62. The first-order valence-electron chi connectivity index (χ1n) is 7.92. The predicted molar refractivity (Wildman–Crippen MR) is 99.2 cm³/mol. The van der Waals surface area contributed by atoms with E-state index >= 15 is 0 Å². The van der Waals surface area contributed by atoms with Gasteiger partial charge in [0.2, 0.25) is 0 Å². The van der Waals surface area contributed by atoms with Crippen LogP contribution in [-0.4, -0.2) is 41.7 Å². The zero-order valence-corrected chi connectivity index (χ0v) is 15.7. The number of amides is 1. The van der Waals surface area contributed by atoms with Gasteiger partial charge in [-0.2, -0.15) is 0 Å². The number of hydrogen-bond donors (Lipinski definition) is 2. The van der Waals surface area contributed by atoms with Crippen LogP contribution < -0.4 is 14.8 Å². The maximum Gasteiger partial charge on any atom is 0.262 e. The highest BCUT2D eigenvalue weighted by Crippen LogP contribution is 2.28. The molecule has 0 bridgehead atoms. The van der Waals surface area contributed by atoms with Gasteiger partial charge in [0.1, 0.15) is 5.75 Å². The average molecular weight is 378 g/mol. The van der Waals surface area contributed by atoms with Gasteiger partial charge in [-0.1, -0.05) is 12.1 Å². The lowest BCUT2D eigenvalue weighted by Crippen LogP contribution is -2.27. The van der Waals surface area contributed by atoms with E-state index in [-0.39, 0.29) is 16.4 Å². The Morgan fingerprint density at radius 2 is 1.88 bits per heavy atom. The number of benzene rings is 2. The molecule has 2 aromatic rings. The lowest BCUT2D eigenvalue weighted by Gasteiger charge is -2.13. The summed E-state index contributed by atoms with van der Waals surface area (Å²) >= 11 is 0. The van der Waals surface area contributed by atoms with Crippen LogP contribution in [0.5, 0.6) is 5.75 Å². The van der Waals surface area contributed by atoms with Crippen molar-refractivity contribution in [3.8, 4) is 5.75 Å². The first-order valence-corrected chi connectivity index (χ1v) is 9.40. The topological polar surface area (TPSA) is 93.7 Å². The van der Waals surface area contributed by atoms with Crippen LogP contribution in [-0.2, 0) is 14.8 Å². The first-order chi connectivity index (χ1) is 12.4. The summed E-state index contributed by atoms with van der Waals surface area (Å²) in [4.78, 5) is 12.1. The van der Waals surface area contributed by atoms with Crippen LogP contribution in [0.3, 0.4) is 0 Å². The van der Waals surface area contributed by atoms with Gasteiger partial charge in [0.15, 0.2) is 0 Å². The summed E-state index contributed by atoms with van der Waals surface area (Å²) in [5.41, 5.74) is 1.47. The minimum absolute atomic E-state index is 0.0135. The van der Waals surface area contributed by atoms with Gasteiger partial charge in [-0.05, 0) is 42.8 Å². The molecule has 0 fully saturated rings. The van der Waals surface area contributed by atoms with Crippen molar-refractivity contribution in [2.24, 2.45) is 0 Å². The number of sulfonamides is 1. The summed E-state index contributed by atoms with van der Waals surface area (Å²) in [7, 11) is -0.881. The van der Waals surface area contributed by atoms with Gasteiger partial charge in [0, 0.05) is 19.2 Å². The molecule has 2 rings (SSSR count). The highest BCUT2D eigenvalue weighted by Gasteiger charge is 2.18. The fraction of sp³-hybridized carbons (Fsp3) is 0.278. The van der Waals surface area contributed by atoms with Gasteiger partial charge in [0.05, 0.1) is 24.3 Å². The van der Waals surface area contributed by atoms with Crippen molar-refractivity contribution in [1.82, 2.24) is 5.32 Å². The molecule has 0 atom stereocenters. The number of carbonyl (C=O) groups is 1. The highest BCUT2D eigenvalue weighted by molar-refractivity contribution is 7.92. The number of aryl methyl sites for hydroxylation is 1. The van der Waals surface area contributed by atoms with Crippen LogP contribution >= 0.6 is 0 Å². The summed E-state index contributed by atoms with van der Waals surface area (Å²) in [6, 6.07) is 11.0. The van der Waals surface area contributed by atoms with Crippen molar-refractivity contribution in [1.29, 1.82) is 0 Å². The lowest BCUT2D eigenvalue weighted by molar-refractivity contribution is 0.0937. The Kier molecular flexibility index (Phi) is 6.59. The standard InChI is InChI=1S/C18H22N2O5S/c1-13-7-8-17(25-3)16(11-13)20-26(22,23)15-6-4-5-14(12-15)18(21)19-9-10-24-2/h4-8,11-12,20H,9-10H2,1-3H3,(H,19,21). The van der Waals surface area contributed by atoms with E-state index in [1.54, 1.807) is 18.2 Å². The Hall–Kier alpha value is -2.58. The van der Waals surface area contributed by atoms with Crippen molar-refractivity contribution in [2.75, 3.05) is 32.1 Å². The number of methoxy groups -OCH3 is 2. The predicted octanol–water partition coefficient (Wildman–Crippen LogP) is 2.18. The highest BCUT2D eigenvalue weighted by atomic mass is 32.2. The van der Waals surface area contributed by atoms with Gasteiger partial charge >= 0.3 is 0 Å². The molecule has 0 saturated carbocycles. The van der Waals surface area contributed by atoms with Crippen LogP contribution in [0.15, 0.2) is 47.4 Å². The molecule has 0 saturated heterocycles. The molecule has 2 N–H and O–H groups in total. The maximum absolute atomic E-state index is 12.7. The Bertz CT molecular complexity index is 881. The molecule has 8 heteroatoms. The van der Waals surface area contributed by atoms with Crippen LogP contribution in [0.2, 0.25) is 0 Å². The van der Waals surface area contributed by atoms with E-state index in [9.17, 15) is 13.2 Å². The third-order valence-electron chi connectivity index (χ3n) is 3.60. The Balaban J connectivity index is 2.26. The Morgan fingerprint density at radius 1 is 1.12 bits per heavy atom. The summed E-state index contributed by atoms with van der Waals surface area (Å²) in [6.45, 7) is 2.56. The molecule has 0 unspecified atom stereocenters. The van der Waals surface area contributed by atoms with Gasteiger partial charge in [-0.3, -0.25) is 9.52 Å². The molecule has 0 aliphatic heterocycles. The molecule has 0 radical (unpaired) electrons. The number of carbonyl (C=O) groups excluding carboxylic acids is 1. The van der Waals surface area contributed by atoms with Crippen LogP contribution in [0, 0.1) is 6.92 Å². The Labute approximate surface area is 153 Å². The van der Waals surface area contributed by atoms with Crippen LogP contribution in [0.1, 0.15) is 15.9 Å². The molecule has 0 aliphatic carbocycles. The zero-order valence-electron chi connectivity index (χ0n) is 14.9. The van der Waals surface area contributed by atoms with E-state index < -0.39 is 10.0 Å². The van der Waals surface area contributed by atoms with E-state index in [4.69, 9.17) is 9.47 Å². The zero-order chi connectivity index (χ0) is 19.2. The lowest BCUT2D eigenvalue weighted by atomic mass is 10.2. The molecule has 1 amide bonds. The summed E-state index contributed by atoms with van der Waals surface area (Å²) < 4.78 is 38.0. The molecule has 140 valence electrons. The van der Waals surface area contributed by atoms with Crippen LogP contribution in [0.25, 0.3) is 0 Å². The fourth-order valence-corrected chi connectivity index (χ4v) is 3.39. The van der Waals surface area contributed by atoms with Gasteiger partial charge in [0.25, 0.3) is 15.9 Å². The van der Waals surface area contributed by atoms with E-state index in [1.807, 2.05) is 13.0 Å². The van der Waals surface area contributed by atoms with Crippen LogP contribution in [0.4, 0.5) is 5.69 Å². The van der Waals surface area contributed by atoms with E-state index in [1.165, 1.54) is 32.4 Å². The molecule has 26 heavy (non-hydrogen) atoms. The largest absolute Gasteiger partial charge is 0.495 e. The van der Waals surface area contributed by atoms with Crippen molar-refractivity contribution in [3.05, 3.63) is 53.6 Å². The molecule has 0 aromatic heterocycles. The maximum atomic E-state index is 12.7. The second-order valence-corrected chi connectivity index (χ2v) is 7.27. The molecule has 0 spiro atoms. The number of hydrogen-bond acceptors (Lipinski definition) is 5. The minimum Gasteiger partial charge on any atom is -0.495 e. The van der Waals surface area contributed by atoms with Gasteiger partial charge in [-0.15, -0.1) is 0 Å². The normalized spacial score (nSPS) is 11.0. The summed E-state index contributed by atoms with van der Waals surface area (Å²) in [6.07, 6.45) is 0. The number of ether oxygens (including phenoxy) is 2. The third-order valence-corrected chi connectivity index (χ3v) is 4.96. The second kappa shape index (κ2) is 8.68. The smallest absolute Gasteiger partial charge is 0.262 e. The molecule has 0 aliphatic rings. The third kappa shape index (κ3) is 4.96. The summed E-state index contributed by atoms with van der Waals surface area (Å²) in [5.74, 6) is 0.0416. The first kappa shape index (κ1) is 19.7. The van der Waals surface area contributed by atoms with Crippen molar-refractivity contribution in [2.45, 2.75) is 11.8 Å². The molecular weight excluding hydrogens is 356 g/mol. The SMILES string of the molecule is COCCNC(=O)c1cccc(S(=O)(=O)Nc2cc(C)ccc2OC)c1. The second-order valence-electron chi connectivity index (χ2n) is 5.59. The van der Waals surface area contributed by atoms with Gasteiger partial charge < -0.3 is 14.8 Å². The van der Waals surface area contributed by atoms with E-state index in [2.05, 4.69) is 10.0 Å². The minimum atomic E-state index is -3.88. The van der Waals surface area contributed by atoms with E-state index in [0.29, 0.717) is 24.6 Å². The van der Waals surface area contributed by atoms with Gasteiger partial charge in [-0.25, -0.2) is 8.42 Å². The Morgan fingerprint density at radius 3 is 2.58 bits per heavy atom. The van der Waals surface area contributed by atoms with Crippen molar-refractivity contribution >= 4 is 21.6 Å². The molecule has 0 heterocycles. The molecular formula is C18H22N2O5S. The fourth-order valence-electron chi connectivity index (χ4n) is 2.28. The number of anilines is 1. The van der Waals surface area contributed by atoms with Crippen molar-refractivity contribution < 1.29 is 22.7 Å². The quantitative estimate of drug-likeness (QED) is 0.687. The number of nitrogens with one attached hydrogen (secondary N) is 2. The van der Waals surface area contributed by atoms with Crippen molar-refractivity contribution in [3.63, 3.8) is 0 Å². The molecule has 2 aromatic carbocycles. The molecule has 7 nitrogen and oxygen atoms in total. The van der Waals surface area contributed by atoms with E-state index in [0.717, 1.165) is 5.56 Å².